The van der Waals surface area contributed by atoms with Gasteiger partial charge in [-0.1, -0.05) is 25.4 Å². The van der Waals surface area contributed by atoms with Crippen LogP contribution < -0.4 is 11.1 Å². The normalized spacial score (nSPS) is 13.1. The number of rotatable bonds is 5. The van der Waals surface area contributed by atoms with Crippen LogP contribution in [0.15, 0.2) is 18.2 Å². The number of halogens is 1. The number of hydrogen-bond acceptors (Lipinski definition) is 5. The van der Waals surface area contributed by atoms with Gasteiger partial charge in [0.05, 0.1) is 22.3 Å². The summed E-state index contributed by atoms with van der Waals surface area (Å²) in [5, 5.41) is 12.0. The number of nitrogens with zero attached hydrogens (tertiary/aromatic N) is 1. The molecule has 1 atom stereocenters. The van der Waals surface area contributed by atoms with Crippen LogP contribution in [0.2, 0.25) is 5.02 Å². The number of ether oxygens (including phenoxy) is 1. The molecule has 1 rings (SSSR count). The molecule has 0 spiro atoms. The van der Waals surface area contributed by atoms with Gasteiger partial charge in [0.25, 0.3) is 5.91 Å². The number of hydrogen-bond donors (Lipinski definition) is 2. The van der Waals surface area contributed by atoms with Gasteiger partial charge < -0.3 is 15.8 Å². The van der Waals surface area contributed by atoms with Crippen LogP contribution in [0.5, 0.6) is 0 Å². The molecule has 1 aromatic rings. The van der Waals surface area contributed by atoms with Crippen molar-refractivity contribution >= 4 is 29.2 Å². The molecular weight excluding hydrogens is 306 g/mol. The maximum absolute atomic E-state index is 11.8. The van der Waals surface area contributed by atoms with E-state index < -0.39 is 24.0 Å². The second-order valence-corrected chi connectivity index (χ2v) is 5.74. The first-order valence-electron chi connectivity index (χ1n) is 6.64. The average molecular weight is 324 g/mol. The van der Waals surface area contributed by atoms with E-state index in [-0.39, 0.29) is 17.2 Å². The van der Waals surface area contributed by atoms with E-state index in [4.69, 9.17) is 27.3 Å². The lowest BCUT2D eigenvalue weighted by atomic mass is 9.90. The first-order chi connectivity index (χ1) is 10.2. The molecular formula is C15H18ClN3O3. The van der Waals surface area contributed by atoms with Gasteiger partial charge in [0.2, 0.25) is 0 Å². The first kappa shape index (κ1) is 17.8. The van der Waals surface area contributed by atoms with Gasteiger partial charge in [-0.2, -0.15) is 5.26 Å². The van der Waals surface area contributed by atoms with Gasteiger partial charge in [-0.05, 0) is 31.0 Å². The Morgan fingerprint density at radius 3 is 2.64 bits per heavy atom. The van der Waals surface area contributed by atoms with Crippen LogP contribution in [0, 0.1) is 17.2 Å². The van der Waals surface area contributed by atoms with E-state index in [1.54, 1.807) is 6.92 Å². The fourth-order valence-electron chi connectivity index (χ4n) is 1.51. The van der Waals surface area contributed by atoms with Gasteiger partial charge >= 0.3 is 5.97 Å². The highest BCUT2D eigenvalue weighted by Crippen LogP contribution is 2.20. The highest BCUT2D eigenvalue weighted by Gasteiger charge is 2.30. The zero-order chi connectivity index (χ0) is 16.9. The molecule has 0 saturated carbocycles. The molecule has 0 aliphatic rings. The molecule has 118 valence electrons. The molecule has 22 heavy (non-hydrogen) atoms. The van der Waals surface area contributed by atoms with Crippen molar-refractivity contribution in [2.75, 3.05) is 12.3 Å². The Labute approximate surface area is 134 Å². The van der Waals surface area contributed by atoms with Crippen LogP contribution in [-0.2, 0) is 9.53 Å². The van der Waals surface area contributed by atoms with E-state index in [0.29, 0.717) is 5.02 Å². The Balaban J connectivity index is 2.62. The van der Waals surface area contributed by atoms with Crippen LogP contribution >= 0.6 is 11.6 Å². The third-order valence-corrected chi connectivity index (χ3v) is 3.70. The van der Waals surface area contributed by atoms with Crippen molar-refractivity contribution in [3.63, 3.8) is 0 Å². The maximum atomic E-state index is 11.8. The summed E-state index contributed by atoms with van der Waals surface area (Å²) in [6, 6.07) is 6.33. The lowest BCUT2D eigenvalue weighted by Crippen LogP contribution is -2.50. The summed E-state index contributed by atoms with van der Waals surface area (Å²) in [7, 11) is 0. The lowest BCUT2D eigenvalue weighted by molar-refractivity contribution is -0.125. The number of nitrogens with one attached hydrogen (secondary N) is 1. The van der Waals surface area contributed by atoms with Crippen LogP contribution in [0.1, 0.15) is 31.1 Å². The van der Waals surface area contributed by atoms with Gasteiger partial charge in [0, 0.05) is 0 Å². The Morgan fingerprint density at radius 1 is 1.50 bits per heavy atom. The monoisotopic (exact) mass is 323 g/mol. The van der Waals surface area contributed by atoms with Gasteiger partial charge in [-0.15, -0.1) is 0 Å². The Hall–Kier alpha value is -2.26. The average Bonchev–Trinajstić information content (AvgIpc) is 2.47. The molecule has 6 nitrogen and oxygen atoms in total. The molecule has 0 radical (unpaired) electrons. The van der Waals surface area contributed by atoms with Gasteiger partial charge in [0.15, 0.2) is 6.61 Å². The zero-order valence-corrected chi connectivity index (χ0v) is 13.4. The summed E-state index contributed by atoms with van der Waals surface area (Å²) in [6.45, 7) is 4.75. The van der Waals surface area contributed by atoms with E-state index in [0.717, 1.165) is 0 Å². The van der Waals surface area contributed by atoms with Crippen LogP contribution in [-0.4, -0.2) is 24.0 Å². The van der Waals surface area contributed by atoms with Gasteiger partial charge in [-0.25, -0.2) is 4.79 Å². The van der Waals surface area contributed by atoms with Crippen LogP contribution in [0.4, 0.5) is 5.69 Å². The SMILES string of the molecule is CC(C)[C@@](C)(C#N)NC(=O)COC(=O)c1ccc(Cl)c(N)c1. The van der Waals surface area contributed by atoms with E-state index in [1.807, 2.05) is 19.9 Å². The summed E-state index contributed by atoms with van der Waals surface area (Å²) in [4.78, 5) is 23.6. The van der Waals surface area contributed by atoms with Crippen molar-refractivity contribution < 1.29 is 14.3 Å². The molecule has 1 aromatic carbocycles. The minimum absolute atomic E-state index is 0.0896. The lowest BCUT2D eigenvalue weighted by Gasteiger charge is -2.27. The molecule has 0 saturated heterocycles. The number of carbonyl (C=O) groups is 2. The molecule has 7 heteroatoms. The fourth-order valence-corrected chi connectivity index (χ4v) is 1.63. The Morgan fingerprint density at radius 2 is 2.14 bits per heavy atom. The number of anilines is 1. The van der Waals surface area contributed by atoms with E-state index in [2.05, 4.69) is 5.32 Å². The number of amides is 1. The third-order valence-electron chi connectivity index (χ3n) is 3.35. The van der Waals surface area contributed by atoms with Crippen molar-refractivity contribution in [3.05, 3.63) is 28.8 Å². The maximum Gasteiger partial charge on any atom is 0.338 e. The molecule has 0 heterocycles. The molecule has 0 bridgehead atoms. The van der Waals surface area contributed by atoms with Crippen LogP contribution in [0.3, 0.4) is 0 Å². The number of nitrogen functional groups attached to an aromatic ring is 1. The van der Waals surface area contributed by atoms with Gasteiger partial charge in [0.1, 0.15) is 5.54 Å². The Kier molecular flexibility index (Phi) is 5.77. The number of carbonyl (C=O) groups excluding carboxylic acids is 2. The second-order valence-electron chi connectivity index (χ2n) is 5.33. The molecule has 0 aliphatic carbocycles. The van der Waals surface area contributed by atoms with Crippen molar-refractivity contribution in [1.82, 2.24) is 5.32 Å². The first-order valence-corrected chi connectivity index (χ1v) is 7.02. The van der Waals surface area contributed by atoms with Crippen molar-refractivity contribution in [2.24, 2.45) is 5.92 Å². The van der Waals surface area contributed by atoms with Crippen molar-refractivity contribution in [1.29, 1.82) is 5.26 Å². The largest absolute Gasteiger partial charge is 0.452 e. The van der Waals surface area contributed by atoms with E-state index >= 15 is 0 Å². The van der Waals surface area contributed by atoms with Crippen molar-refractivity contribution in [2.45, 2.75) is 26.3 Å². The minimum atomic E-state index is -1.02. The number of nitrogens with two attached hydrogens (primary N) is 1. The van der Waals surface area contributed by atoms with Crippen molar-refractivity contribution in [3.8, 4) is 6.07 Å². The van der Waals surface area contributed by atoms with Gasteiger partial charge in [-0.3, -0.25) is 4.79 Å². The molecule has 3 N–H and O–H groups in total. The summed E-state index contributed by atoms with van der Waals surface area (Å²) in [5.41, 5.74) is 5.02. The Bertz CT molecular complexity index is 625. The van der Waals surface area contributed by atoms with E-state index in [1.165, 1.54) is 18.2 Å². The molecule has 0 aliphatic heterocycles. The summed E-state index contributed by atoms with van der Waals surface area (Å²) in [6.07, 6.45) is 0. The fraction of sp³-hybridized carbons (Fsp3) is 0.400. The second kappa shape index (κ2) is 7.14. The summed E-state index contributed by atoms with van der Waals surface area (Å²) < 4.78 is 4.90. The topological polar surface area (TPSA) is 105 Å². The highest BCUT2D eigenvalue weighted by atomic mass is 35.5. The molecule has 0 fully saturated rings. The van der Waals surface area contributed by atoms with Crippen LogP contribution in [0.25, 0.3) is 0 Å². The third kappa shape index (κ3) is 4.37. The zero-order valence-electron chi connectivity index (χ0n) is 12.6. The van der Waals surface area contributed by atoms with E-state index in [9.17, 15) is 9.59 Å². The molecule has 1 amide bonds. The number of esters is 1. The number of nitriles is 1. The minimum Gasteiger partial charge on any atom is -0.452 e. The molecule has 0 aromatic heterocycles. The summed E-state index contributed by atoms with van der Waals surface area (Å²) >= 11 is 5.76. The molecule has 0 unspecified atom stereocenters. The standard InChI is InChI=1S/C15H18ClN3O3/c1-9(2)15(3,8-17)19-13(20)7-22-14(21)10-4-5-11(16)12(18)6-10/h4-6,9H,7,18H2,1-3H3,(H,19,20)/t15-/m1/s1. The predicted molar refractivity (Wildman–Crippen MR) is 83.1 cm³/mol. The summed E-state index contributed by atoms with van der Waals surface area (Å²) in [5.74, 6) is -1.33. The highest BCUT2D eigenvalue weighted by molar-refractivity contribution is 6.33. The quantitative estimate of drug-likeness (QED) is 0.638. The smallest absolute Gasteiger partial charge is 0.338 e. The number of benzene rings is 1. The predicted octanol–water partition coefficient (Wildman–Crippen LogP) is 2.13.